The molecule has 1 saturated heterocycles. The van der Waals surface area contributed by atoms with Crippen molar-refractivity contribution in [1.29, 1.82) is 0 Å². The molecular weight excluding hydrogens is 174 g/mol. The minimum absolute atomic E-state index is 0.160. The van der Waals surface area contributed by atoms with Crippen LogP contribution in [0.15, 0.2) is 0 Å². The molecule has 1 rings (SSSR count). The van der Waals surface area contributed by atoms with Gasteiger partial charge in [0.2, 0.25) is 0 Å². The Labute approximate surface area is 88.6 Å². The van der Waals surface area contributed by atoms with Crippen LogP contribution in [-0.2, 0) is 4.84 Å². The van der Waals surface area contributed by atoms with Crippen molar-refractivity contribution >= 4 is 0 Å². The van der Waals surface area contributed by atoms with Gasteiger partial charge in [-0.25, -0.2) is 0 Å². The van der Waals surface area contributed by atoms with Crippen LogP contribution in [0.1, 0.15) is 54.9 Å². The summed E-state index contributed by atoms with van der Waals surface area (Å²) in [6.45, 7) is 15.8. The van der Waals surface area contributed by atoms with E-state index < -0.39 is 0 Å². The summed E-state index contributed by atoms with van der Waals surface area (Å²) < 4.78 is 0. The lowest BCUT2D eigenvalue weighted by molar-refractivity contribution is 0.0550. The second-order valence-corrected chi connectivity index (χ2v) is 6.62. The number of hydroxylamine groups is 2. The Balaban J connectivity index is 2.52. The first-order valence-electron chi connectivity index (χ1n) is 5.60. The van der Waals surface area contributed by atoms with Crippen LogP contribution in [0.4, 0.5) is 0 Å². The van der Waals surface area contributed by atoms with Gasteiger partial charge in [-0.15, -0.1) is 0 Å². The average Bonchev–Trinajstić information content (AvgIpc) is 2.55. The molecule has 0 saturated carbocycles. The molecule has 2 atom stereocenters. The summed E-state index contributed by atoms with van der Waals surface area (Å²) in [5.74, 6) is 0.592. The first-order chi connectivity index (χ1) is 6.13. The molecular formula is C12H25NO. The molecule has 0 bridgehead atoms. The molecule has 1 heterocycles. The normalized spacial score (nSPS) is 28.3. The van der Waals surface area contributed by atoms with E-state index in [0.717, 1.165) is 6.42 Å². The van der Waals surface area contributed by atoms with Crippen molar-refractivity contribution in [2.75, 3.05) is 0 Å². The summed E-state index contributed by atoms with van der Waals surface area (Å²) in [5.41, 5.74) is 0.518. The van der Waals surface area contributed by atoms with E-state index in [-0.39, 0.29) is 5.54 Å². The topological polar surface area (TPSA) is 15.5 Å². The Bertz CT molecular complexity index is 203. The SMILES string of the molecule is CC(C)C1ON1C(C)(C)CC(C)(C)C. The molecule has 0 amide bonds. The first kappa shape index (κ1) is 12.0. The Hall–Kier alpha value is -0.0800. The van der Waals surface area contributed by atoms with Crippen molar-refractivity contribution < 1.29 is 4.84 Å². The van der Waals surface area contributed by atoms with E-state index >= 15 is 0 Å². The van der Waals surface area contributed by atoms with Gasteiger partial charge in [-0.2, -0.15) is 5.06 Å². The highest BCUT2D eigenvalue weighted by atomic mass is 16.8. The highest BCUT2D eigenvalue weighted by Gasteiger charge is 2.49. The summed E-state index contributed by atoms with van der Waals surface area (Å²) in [6.07, 6.45) is 1.50. The van der Waals surface area contributed by atoms with Crippen LogP contribution in [-0.4, -0.2) is 16.8 Å². The van der Waals surface area contributed by atoms with Crippen molar-refractivity contribution in [3.63, 3.8) is 0 Å². The molecule has 1 fully saturated rings. The maximum atomic E-state index is 5.62. The molecule has 84 valence electrons. The van der Waals surface area contributed by atoms with E-state index in [0.29, 0.717) is 17.6 Å². The van der Waals surface area contributed by atoms with Crippen molar-refractivity contribution in [3.05, 3.63) is 0 Å². The van der Waals surface area contributed by atoms with Gasteiger partial charge in [-0.05, 0) is 31.6 Å². The van der Waals surface area contributed by atoms with E-state index in [1.165, 1.54) is 0 Å². The predicted octanol–water partition coefficient (Wildman–Crippen LogP) is 3.43. The van der Waals surface area contributed by atoms with Gasteiger partial charge in [0.15, 0.2) is 6.23 Å². The van der Waals surface area contributed by atoms with Crippen LogP contribution < -0.4 is 0 Å². The van der Waals surface area contributed by atoms with Gasteiger partial charge in [-0.1, -0.05) is 34.6 Å². The predicted molar refractivity (Wildman–Crippen MR) is 59.7 cm³/mol. The summed E-state index contributed by atoms with van der Waals surface area (Å²) in [5, 5.41) is 2.16. The zero-order valence-electron chi connectivity index (χ0n) is 10.7. The molecule has 2 heteroatoms. The standard InChI is InChI=1S/C12H25NO/c1-9(2)10-13(14-10)12(6,7)8-11(3,4)5/h9-10H,8H2,1-7H3. The highest BCUT2D eigenvalue weighted by Crippen LogP contribution is 2.41. The monoisotopic (exact) mass is 199 g/mol. The van der Waals surface area contributed by atoms with Gasteiger partial charge in [0, 0.05) is 5.54 Å². The van der Waals surface area contributed by atoms with Crippen LogP contribution in [0.3, 0.4) is 0 Å². The van der Waals surface area contributed by atoms with Gasteiger partial charge in [-0.3, -0.25) is 4.84 Å². The largest absolute Gasteiger partial charge is 0.274 e. The third-order valence-corrected chi connectivity index (χ3v) is 2.54. The summed E-state index contributed by atoms with van der Waals surface area (Å²) >= 11 is 0. The van der Waals surface area contributed by atoms with Crippen LogP contribution in [0, 0.1) is 11.3 Å². The van der Waals surface area contributed by atoms with E-state index in [1.807, 2.05) is 0 Å². The Morgan fingerprint density at radius 3 is 1.93 bits per heavy atom. The number of rotatable bonds is 3. The lowest BCUT2D eigenvalue weighted by atomic mass is 9.81. The molecule has 14 heavy (non-hydrogen) atoms. The van der Waals surface area contributed by atoms with Crippen LogP contribution in [0.2, 0.25) is 0 Å². The van der Waals surface area contributed by atoms with Crippen LogP contribution in [0.25, 0.3) is 0 Å². The minimum Gasteiger partial charge on any atom is -0.274 e. The molecule has 1 aliphatic heterocycles. The zero-order valence-corrected chi connectivity index (χ0v) is 10.7. The van der Waals surface area contributed by atoms with Crippen molar-refractivity contribution in [2.45, 2.75) is 66.7 Å². The summed E-state index contributed by atoms with van der Waals surface area (Å²) in [6, 6.07) is 0. The fraction of sp³-hybridized carbons (Fsp3) is 1.00. The third-order valence-electron chi connectivity index (χ3n) is 2.54. The maximum absolute atomic E-state index is 5.62. The van der Waals surface area contributed by atoms with Crippen molar-refractivity contribution in [3.8, 4) is 0 Å². The Morgan fingerprint density at radius 1 is 1.14 bits per heavy atom. The second-order valence-electron chi connectivity index (χ2n) is 6.62. The molecule has 0 aromatic heterocycles. The molecule has 2 nitrogen and oxygen atoms in total. The molecule has 0 spiro atoms. The number of hydrogen-bond donors (Lipinski definition) is 0. The minimum atomic E-state index is 0.160. The average molecular weight is 199 g/mol. The van der Waals surface area contributed by atoms with Crippen LogP contribution >= 0.6 is 0 Å². The molecule has 0 aliphatic carbocycles. The lowest BCUT2D eigenvalue weighted by Crippen LogP contribution is -2.36. The van der Waals surface area contributed by atoms with Crippen molar-refractivity contribution in [2.24, 2.45) is 11.3 Å². The van der Waals surface area contributed by atoms with E-state index in [9.17, 15) is 0 Å². The lowest BCUT2D eigenvalue weighted by Gasteiger charge is -2.32. The van der Waals surface area contributed by atoms with Gasteiger partial charge in [0.1, 0.15) is 0 Å². The van der Waals surface area contributed by atoms with Gasteiger partial charge in [0.05, 0.1) is 0 Å². The molecule has 0 radical (unpaired) electrons. The first-order valence-corrected chi connectivity index (χ1v) is 5.60. The van der Waals surface area contributed by atoms with Crippen molar-refractivity contribution in [1.82, 2.24) is 5.06 Å². The number of nitrogens with zero attached hydrogens (tertiary/aromatic N) is 1. The molecule has 0 aromatic carbocycles. The Kier molecular flexibility index (Phi) is 2.99. The fourth-order valence-corrected chi connectivity index (χ4v) is 2.34. The molecule has 1 aliphatic rings. The van der Waals surface area contributed by atoms with Gasteiger partial charge < -0.3 is 0 Å². The molecule has 2 unspecified atom stereocenters. The van der Waals surface area contributed by atoms with E-state index in [4.69, 9.17) is 4.84 Å². The maximum Gasteiger partial charge on any atom is 0.157 e. The molecule has 0 N–H and O–H groups in total. The summed E-state index contributed by atoms with van der Waals surface area (Å²) in [4.78, 5) is 5.62. The fourth-order valence-electron chi connectivity index (χ4n) is 2.34. The van der Waals surface area contributed by atoms with Gasteiger partial charge in [0.25, 0.3) is 0 Å². The van der Waals surface area contributed by atoms with Crippen LogP contribution in [0.5, 0.6) is 0 Å². The van der Waals surface area contributed by atoms with E-state index in [1.54, 1.807) is 0 Å². The third kappa shape index (κ3) is 2.96. The zero-order chi connectivity index (χ0) is 11.1. The van der Waals surface area contributed by atoms with Gasteiger partial charge >= 0.3 is 0 Å². The van der Waals surface area contributed by atoms with E-state index in [2.05, 4.69) is 53.5 Å². The molecule has 0 aromatic rings. The Morgan fingerprint density at radius 2 is 1.64 bits per heavy atom. The summed E-state index contributed by atoms with van der Waals surface area (Å²) in [7, 11) is 0. The smallest absolute Gasteiger partial charge is 0.157 e. The highest BCUT2D eigenvalue weighted by molar-refractivity contribution is 4.89. The quantitative estimate of drug-likeness (QED) is 0.647. The number of hydrogen-bond acceptors (Lipinski definition) is 2. The second kappa shape index (κ2) is 3.49.